The molecule has 1 aromatic rings. The third kappa shape index (κ3) is 4.54. The summed E-state index contributed by atoms with van der Waals surface area (Å²) in [5.74, 6) is 0.985. The Balaban J connectivity index is 1.78. The van der Waals surface area contributed by atoms with E-state index < -0.39 is 0 Å². The molecule has 1 saturated carbocycles. The van der Waals surface area contributed by atoms with E-state index in [1.54, 1.807) is 0 Å². The smallest absolute Gasteiger partial charge is 0.119 e. The van der Waals surface area contributed by atoms with Crippen LogP contribution in [-0.2, 0) is 0 Å². The van der Waals surface area contributed by atoms with Crippen LogP contribution < -0.4 is 10.1 Å². The Kier molecular flexibility index (Phi) is 5.26. The molecule has 0 amide bonds. The minimum Gasteiger partial charge on any atom is -0.494 e. The lowest BCUT2D eigenvalue weighted by atomic mass is 9.79. The number of hydrogen-bond acceptors (Lipinski definition) is 2. The number of hydrogen-bond donors (Lipinski definition) is 1. The monoisotopic (exact) mass is 261 g/mol. The van der Waals surface area contributed by atoms with Crippen molar-refractivity contribution in [3.8, 4) is 5.75 Å². The molecule has 106 valence electrons. The zero-order valence-electron chi connectivity index (χ0n) is 12.3. The van der Waals surface area contributed by atoms with Crippen molar-refractivity contribution in [3.63, 3.8) is 0 Å². The molecule has 0 radical (unpaired) electrons. The third-order valence-corrected chi connectivity index (χ3v) is 4.49. The van der Waals surface area contributed by atoms with Gasteiger partial charge in [0.1, 0.15) is 5.75 Å². The van der Waals surface area contributed by atoms with E-state index in [2.05, 4.69) is 19.2 Å². The first-order valence-corrected chi connectivity index (χ1v) is 7.69. The molecular formula is C17H27NO. The summed E-state index contributed by atoms with van der Waals surface area (Å²) in [6.07, 6.45) is 6.31. The molecule has 2 nitrogen and oxygen atoms in total. The summed E-state index contributed by atoms with van der Waals surface area (Å²) in [5.41, 5.74) is 0.400. The predicted octanol–water partition coefficient (Wildman–Crippen LogP) is 4.01. The Bertz CT molecular complexity index is 355. The van der Waals surface area contributed by atoms with Gasteiger partial charge >= 0.3 is 0 Å². The van der Waals surface area contributed by atoms with Crippen LogP contribution in [0.4, 0.5) is 0 Å². The van der Waals surface area contributed by atoms with Crippen LogP contribution in [0.25, 0.3) is 0 Å². The number of rotatable bonds is 9. The van der Waals surface area contributed by atoms with Crippen LogP contribution in [0.3, 0.4) is 0 Å². The molecule has 1 aromatic carbocycles. The highest BCUT2D eigenvalue weighted by molar-refractivity contribution is 5.20. The Morgan fingerprint density at radius 1 is 1.16 bits per heavy atom. The van der Waals surface area contributed by atoms with Crippen LogP contribution in [0.2, 0.25) is 0 Å². The van der Waals surface area contributed by atoms with E-state index in [0.717, 1.165) is 31.4 Å². The summed E-state index contributed by atoms with van der Waals surface area (Å²) in [6.45, 7) is 6.57. The van der Waals surface area contributed by atoms with Gasteiger partial charge in [0.25, 0.3) is 0 Å². The molecule has 0 bridgehead atoms. The summed E-state index contributed by atoms with van der Waals surface area (Å²) in [5, 5.41) is 3.69. The maximum Gasteiger partial charge on any atom is 0.119 e. The van der Waals surface area contributed by atoms with E-state index in [0.29, 0.717) is 5.41 Å². The first-order valence-electron chi connectivity index (χ1n) is 7.69. The van der Waals surface area contributed by atoms with E-state index in [4.69, 9.17) is 4.74 Å². The lowest BCUT2D eigenvalue weighted by molar-refractivity contribution is 0.174. The van der Waals surface area contributed by atoms with Gasteiger partial charge < -0.3 is 10.1 Å². The van der Waals surface area contributed by atoms with Crippen molar-refractivity contribution in [3.05, 3.63) is 30.3 Å². The average Bonchev–Trinajstić information content (AvgIpc) is 3.28. The van der Waals surface area contributed by atoms with Gasteiger partial charge in [0, 0.05) is 12.6 Å². The maximum atomic E-state index is 5.86. The van der Waals surface area contributed by atoms with Gasteiger partial charge in [-0.2, -0.15) is 0 Å². The normalized spacial score (nSPS) is 15.5. The Hall–Kier alpha value is -1.02. The molecule has 0 heterocycles. The lowest BCUT2D eigenvalue weighted by Crippen LogP contribution is -2.36. The van der Waals surface area contributed by atoms with E-state index in [-0.39, 0.29) is 0 Å². The molecule has 0 unspecified atom stereocenters. The van der Waals surface area contributed by atoms with Gasteiger partial charge in [0.05, 0.1) is 6.61 Å². The zero-order chi connectivity index (χ0) is 13.6. The van der Waals surface area contributed by atoms with Crippen LogP contribution in [0.5, 0.6) is 5.75 Å². The Morgan fingerprint density at radius 2 is 1.84 bits per heavy atom. The van der Waals surface area contributed by atoms with Crippen molar-refractivity contribution in [2.45, 2.75) is 52.0 Å². The quantitative estimate of drug-likeness (QED) is 0.725. The second-order valence-corrected chi connectivity index (χ2v) is 5.77. The van der Waals surface area contributed by atoms with Crippen LogP contribution in [0.15, 0.2) is 30.3 Å². The largest absolute Gasteiger partial charge is 0.494 e. The van der Waals surface area contributed by atoms with Crippen LogP contribution in [-0.4, -0.2) is 19.2 Å². The SMILES string of the molecule is CCC(CC)(CCOc1ccccc1)CNC1CC1. The molecule has 1 N–H and O–H groups in total. The predicted molar refractivity (Wildman–Crippen MR) is 80.6 cm³/mol. The number of nitrogens with one attached hydrogen (secondary N) is 1. The molecular weight excluding hydrogens is 234 g/mol. The number of para-hydroxylation sites is 1. The summed E-state index contributed by atoms with van der Waals surface area (Å²) < 4.78 is 5.86. The highest BCUT2D eigenvalue weighted by Crippen LogP contribution is 2.31. The van der Waals surface area contributed by atoms with Crippen molar-refractivity contribution >= 4 is 0 Å². The van der Waals surface area contributed by atoms with Gasteiger partial charge in [-0.3, -0.25) is 0 Å². The van der Waals surface area contributed by atoms with Gasteiger partial charge in [-0.05, 0) is 49.7 Å². The third-order valence-electron chi connectivity index (χ3n) is 4.49. The van der Waals surface area contributed by atoms with Crippen molar-refractivity contribution in [1.29, 1.82) is 0 Å². The molecule has 2 heteroatoms. The maximum absolute atomic E-state index is 5.86. The van der Waals surface area contributed by atoms with Crippen molar-refractivity contribution in [2.75, 3.05) is 13.2 Å². The molecule has 0 atom stereocenters. The summed E-state index contributed by atoms with van der Waals surface area (Å²) in [6, 6.07) is 10.9. The van der Waals surface area contributed by atoms with Gasteiger partial charge in [0.2, 0.25) is 0 Å². The van der Waals surface area contributed by atoms with Gasteiger partial charge in [-0.15, -0.1) is 0 Å². The topological polar surface area (TPSA) is 21.3 Å². The zero-order valence-corrected chi connectivity index (χ0v) is 12.3. The second-order valence-electron chi connectivity index (χ2n) is 5.77. The first kappa shape index (κ1) is 14.4. The van der Waals surface area contributed by atoms with E-state index in [9.17, 15) is 0 Å². The van der Waals surface area contributed by atoms with Crippen molar-refractivity contribution in [1.82, 2.24) is 5.32 Å². The van der Waals surface area contributed by atoms with Gasteiger partial charge in [-0.1, -0.05) is 32.0 Å². The molecule has 19 heavy (non-hydrogen) atoms. The van der Waals surface area contributed by atoms with Crippen molar-refractivity contribution < 1.29 is 4.74 Å². The van der Waals surface area contributed by atoms with Crippen LogP contribution >= 0.6 is 0 Å². The standard InChI is InChI=1S/C17H27NO/c1-3-17(4-2,14-18-15-10-11-15)12-13-19-16-8-6-5-7-9-16/h5-9,15,18H,3-4,10-14H2,1-2H3. The van der Waals surface area contributed by atoms with Gasteiger partial charge in [-0.25, -0.2) is 0 Å². The fourth-order valence-electron chi connectivity index (χ4n) is 2.49. The fraction of sp³-hybridized carbons (Fsp3) is 0.647. The minimum atomic E-state index is 0.400. The molecule has 0 aliphatic heterocycles. The highest BCUT2D eigenvalue weighted by Gasteiger charge is 2.29. The first-order chi connectivity index (χ1) is 9.28. The lowest BCUT2D eigenvalue weighted by Gasteiger charge is -2.32. The van der Waals surface area contributed by atoms with E-state index in [1.165, 1.54) is 25.7 Å². The second kappa shape index (κ2) is 6.95. The molecule has 1 aliphatic carbocycles. The van der Waals surface area contributed by atoms with Crippen molar-refractivity contribution in [2.24, 2.45) is 5.41 Å². The average molecular weight is 261 g/mol. The number of ether oxygens (including phenoxy) is 1. The Labute approximate surface area is 117 Å². The van der Waals surface area contributed by atoms with E-state index >= 15 is 0 Å². The minimum absolute atomic E-state index is 0.400. The highest BCUT2D eigenvalue weighted by atomic mass is 16.5. The van der Waals surface area contributed by atoms with Gasteiger partial charge in [0.15, 0.2) is 0 Å². The molecule has 1 aliphatic rings. The molecule has 1 fully saturated rings. The summed E-state index contributed by atoms with van der Waals surface area (Å²) in [7, 11) is 0. The molecule has 0 saturated heterocycles. The fourth-order valence-corrected chi connectivity index (χ4v) is 2.49. The summed E-state index contributed by atoms with van der Waals surface area (Å²) in [4.78, 5) is 0. The van der Waals surface area contributed by atoms with Crippen LogP contribution in [0, 0.1) is 5.41 Å². The van der Waals surface area contributed by atoms with Crippen LogP contribution in [0.1, 0.15) is 46.0 Å². The van der Waals surface area contributed by atoms with E-state index in [1.807, 2.05) is 30.3 Å². The number of benzene rings is 1. The summed E-state index contributed by atoms with van der Waals surface area (Å²) >= 11 is 0. The molecule has 2 rings (SSSR count). The molecule has 0 aromatic heterocycles. The Morgan fingerprint density at radius 3 is 2.42 bits per heavy atom. The molecule has 0 spiro atoms.